The van der Waals surface area contributed by atoms with E-state index >= 15 is 0 Å². The average Bonchev–Trinajstić information content (AvgIpc) is 0.781. The second-order valence-corrected chi connectivity index (χ2v) is 31.7. The van der Waals surface area contributed by atoms with E-state index in [0.717, 1.165) is 51.4 Å². The maximum absolute atomic E-state index is 13.5. The number of aliphatic hydroxyl groups excluding tert-OH is 11. The summed E-state index contributed by atoms with van der Waals surface area (Å²) in [5.41, 5.74) is 0. The summed E-state index contributed by atoms with van der Waals surface area (Å²) >= 11 is 0. The van der Waals surface area contributed by atoms with Crippen molar-refractivity contribution in [2.75, 3.05) is 26.4 Å². The third kappa shape index (κ3) is 46.1. The highest BCUT2D eigenvalue weighted by Gasteiger charge is 2.54. The first-order valence-corrected chi connectivity index (χ1v) is 44.1. The highest BCUT2D eigenvalue weighted by molar-refractivity contribution is 5.76. The normalized spacial score (nSPS) is 25.8. The number of amides is 1. The van der Waals surface area contributed by atoms with Gasteiger partial charge in [-0.2, -0.15) is 0 Å². The van der Waals surface area contributed by atoms with Crippen LogP contribution in [-0.4, -0.2) is 193 Å². The quantitative estimate of drug-likeness (QED) is 0.0199. The van der Waals surface area contributed by atoms with Crippen LogP contribution in [0.5, 0.6) is 0 Å². The number of unbranched alkanes of at least 4 members (excludes halogenated alkanes) is 52. The number of carbonyl (C=O) groups excluding carboxylic acids is 1. The van der Waals surface area contributed by atoms with Crippen molar-refractivity contribution < 1.29 is 89.4 Å². The largest absolute Gasteiger partial charge is 0.394 e. The molecule has 0 aromatic rings. The van der Waals surface area contributed by atoms with Gasteiger partial charge >= 0.3 is 0 Å². The van der Waals surface area contributed by atoms with Crippen LogP contribution < -0.4 is 5.32 Å². The molecule has 0 bridgehead atoms. The van der Waals surface area contributed by atoms with Gasteiger partial charge in [-0.3, -0.25) is 4.79 Å². The van der Waals surface area contributed by atoms with Gasteiger partial charge in [0, 0.05) is 6.42 Å². The van der Waals surface area contributed by atoms with E-state index in [1.54, 1.807) is 0 Å². The number of hydrogen-bond donors (Lipinski definition) is 12. The minimum atomic E-state index is -1.97. The molecule has 0 radical (unpaired) electrons. The van der Waals surface area contributed by atoms with Crippen LogP contribution in [0.15, 0.2) is 24.3 Å². The van der Waals surface area contributed by atoms with Crippen LogP contribution >= 0.6 is 0 Å². The topological polar surface area (TPSA) is 307 Å². The van der Waals surface area contributed by atoms with E-state index in [2.05, 4.69) is 43.5 Å². The summed E-state index contributed by atoms with van der Waals surface area (Å²) in [4.78, 5) is 13.5. The Kier molecular flexibility index (Phi) is 62.0. The van der Waals surface area contributed by atoms with Crippen molar-refractivity contribution in [3.8, 4) is 0 Å². The van der Waals surface area contributed by atoms with Crippen LogP contribution in [0, 0.1) is 0 Å². The van der Waals surface area contributed by atoms with Crippen molar-refractivity contribution in [2.45, 2.75) is 491 Å². The van der Waals surface area contributed by atoms with Crippen LogP contribution in [0.3, 0.4) is 0 Å². The Labute approximate surface area is 638 Å². The molecule has 3 aliphatic heterocycles. The van der Waals surface area contributed by atoms with Gasteiger partial charge in [0.15, 0.2) is 18.9 Å². The molecule has 17 unspecified atom stereocenters. The standard InChI is InChI=1S/C86H163NO18/c1-3-5-7-9-11-13-15-17-19-21-23-25-27-29-31-33-34-36-38-40-42-44-46-48-50-52-54-56-58-60-62-64-74(92)87-69(70(91)63-61-59-57-55-53-51-49-47-45-43-41-39-37-35-32-30-28-26-24-22-20-18-16-14-12-10-8-6-4-2)68-100-84-80(98)77(95)82(72(66-89)102-84)105-86-81(99)78(96)83(73(67-90)103-86)104-85-79(97)76(94)75(93)71(65-88)101-85/h15,17,21,23,69-73,75-86,88-91,93-99H,3-14,16,18-20,22,24-68H2,1-2H3,(H,87,92)/b17-15-,23-21-. The van der Waals surface area contributed by atoms with Crippen molar-refractivity contribution >= 4 is 5.91 Å². The van der Waals surface area contributed by atoms with Crippen LogP contribution in [0.2, 0.25) is 0 Å². The second-order valence-electron chi connectivity index (χ2n) is 31.7. The van der Waals surface area contributed by atoms with Gasteiger partial charge < -0.3 is 89.9 Å². The van der Waals surface area contributed by atoms with E-state index in [0.29, 0.717) is 12.8 Å². The molecule has 620 valence electrons. The first-order valence-electron chi connectivity index (χ1n) is 44.1. The SMILES string of the molecule is CCCCCCC/C=C\C/C=C\CCCCCCCCCCCCCCCCCCCCCC(=O)NC(COC1OC(CO)C(OC2OC(CO)C(OC3OC(CO)C(O)C(O)C3O)C(O)C2O)C(O)C1O)C(O)CCCCCCCCCCCCCCCCCCCCCCCCCCCCCCC. The molecule has 0 saturated carbocycles. The lowest BCUT2D eigenvalue weighted by molar-refractivity contribution is -0.379. The van der Waals surface area contributed by atoms with Gasteiger partial charge in [0.1, 0.15) is 73.2 Å². The zero-order chi connectivity index (χ0) is 76.0. The maximum Gasteiger partial charge on any atom is 0.220 e. The molecule has 17 atom stereocenters. The number of hydrogen-bond acceptors (Lipinski definition) is 18. The minimum absolute atomic E-state index is 0.234. The summed E-state index contributed by atoms with van der Waals surface area (Å²) < 4.78 is 34.6. The Morgan fingerprint density at radius 1 is 0.343 bits per heavy atom. The summed E-state index contributed by atoms with van der Waals surface area (Å²) in [5.74, 6) is -0.234. The minimum Gasteiger partial charge on any atom is -0.394 e. The molecule has 3 aliphatic rings. The predicted molar refractivity (Wildman–Crippen MR) is 420 cm³/mol. The fourth-order valence-corrected chi connectivity index (χ4v) is 15.2. The van der Waals surface area contributed by atoms with Gasteiger partial charge in [-0.05, 0) is 44.9 Å². The van der Waals surface area contributed by atoms with E-state index in [-0.39, 0.29) is 18.9 Å². The Morgan fingerprint density at radius 3 is 0.971 bits per heavy atom. The molecule has 19 nitrogen and oxygen atoms in total. The van der Waals surface area contributed by atoms with Crippen molar-refractivity contribution in [1.29, 1.82) is 0 Å². The van der Waals surface area contributed by atoms with Gasteiger partial charge in [-0.25, -0.2) is 0 Å². The molecule has 19 heteroatoms. The Balaban J connectivity index is 1.33. The summed E-state index contributed by atoms with van der Waals surface area (Å²) in [6.45, 7) is 1.86. The lowest BCUT2D eigenvalue weighted by Crippen LogP contribution is -2.66. The third-order valence-corrected chi connectivity index (χ3v) is 22.3. The van der Waals surface area contributed by atoms with Crippen molar-refractivity contribution in [3.63, 3.8) is 0 Å². The molecule has 3 saturated heterocycles. The molecule has 105 heavy (non-hydrogen) atoms. The predicted octanol–water partition coefficient (Wildman–Crippen LogP) is 16.1. The zero-order valence-corrected chi connectivity index (χ0v) is 66.7. The molecule has 0 aromatic heterocycles. The summed E-state index contributed by atoms with van der Waals surface area (Å²) in [5, 5.41) is 121. The molecule has 0 aliphatic carbocycles. The summed E-state index contributed by atoms with van der Waals surface area (Å²) in [6, 6.07) is -0.887. The molecular weight excluding hydrogens is 1330 g/mol. The lowest BCUT2D eigenvalue weighted by atomic mass is 9.96. The number of ether oxygens (including phenoxy) is 6. The molecule has 0 spiro atoms. The van der Waals surface area contributed by atoms with Gasteiger partial charge in [-0.1, -0.05) is 359 Å². The molecule has 3 heterocycles. The van der Waals surface area contributed by atoms with Crippen LogP contribution in [0.1, 0.15) is 386 Å². The zero-order valence-electron chi connectivity index (χ0n) is 66.7. The molecule has 12 N–H and O–H groups in total. The number of rotatable bonds is 72. The van der Waals surface area contributed by atoms with Crippen LogP contribution in [0.4, 0.5) is 0 Å². The van der Waals surface area contributed by atoms with E-state index < -0.39 is 124 Å². The van der Waals surface area contributed by atoms with Gasteiger partial charge in [0.25, 0.3) is 0 Å². The average molecular weight is 1500 g/mol. The first kappa shape index (κ1) is 97.5. The van der Waals surface area contributed by atoms with Crippen molar-refractivity contribution in [1.82, 2.24) is 5.32 Å². The Bertz CT molecular complexity index is 1990. The first-order chi connectivity index (χ1) is 51.3. The van der Waals surface area contributed by atoms with E-state index in [4.69, 9.17) is 28.4 Å². The van der Waals surface area contributed by atoms with Crippen LogP contribution in [-0.2, 0) is 33.2 Å². The summed E-state index contributed by atoms with van der Waals surface area (Å²) in [7, 11) is 0. The monoisotopic (exact) mass is 1500 g/mol. The van der Waals surface area contributed by atoms with Gasteiger partial charge in [0.2, 0.25) is 5.91 Å². The Hall–Kier alpha value is -1.73. The van der Waals surface area contributed by atoms with Crippen LogP contribution in [0.25, 0.3) is 0 Å². The fraction of sp³-hybridized carbons (Fsp3) is 0.942. The van der Waals surface area contributed by atoms with Gasteiger partial charge in [0.05, 0.1) is 38.6 Å². The highest BCUT2D eigenvalue weighted by atomic mass is 16.8. The number of carbonyl (C=O) groups is 1. The third-order valence-electron chi connectivity index (χ3n) is 22.3. The lowest BCUT2D eigenvalue weighted by Gasteiger charge is -2.48. The van der Waals surface area contributed by atoms with E-state index in [1.807, 2.05) is 0 Å². The molecule has 0 aromatic carbocycles. The van der Waals surface area contributed by atoms with Crippen molar-refractivity contribution in [2.24, 2.45) is 0 Å². The second kappa shape index (κ2) is 66.8. The number of allylic oxidation sites excluding steroid dienone is 4. The van der Waals surface area contributed by atoms with E-state index in [9.17, 15) is 61.0 Å². The molecule has 3 rings (SSSR count). The Morgan fingerprint density at radius 2 is 0.629 bits per heavy atom. The molecule has 3 fully saturated rings. The highest BCUT2D eigenvalue weighted by Crippen LogP contribution is 2.34. The molecule has 1 amide bonds. The number of nitrogens with one attached hydrogen (secondary N) is 1. The fourth-order valence-electron chi connectivity index (χ4n) is 15.2. The van der Waals surface area contributed by atoms with Gasteiger partial charge in [-0.15, -0.1) is 0 Å². The summed E-state index contributed by atoms with van der Waals surface area (Å²) in [6.07, 6.45) is 55.6. The smallest absolute Gasteiger partial charge is 0.220 e. The number of aliphatic hydroxyl groups is 11. The van der Waals surface area contributed by atoms with Crippen molar-refractivity contribution in [3.05, 3.63) is 24.3 Å². The van der Waals surface area contributed by atoms with E-state index in [1.165, 1.54) is 302 Å². The maximum atomic E-state index is 13.5. The molecular formula is C86H163NO18.